The lowest BCUT2D eigenvalue weighted by Crippen LogP contribution is -2.39. The number of amides is 2. The van der Waals surface area contributed by atoms with Crippen molar-refractivity contribution >= 4 is 17.6 Å². The number of benzene rings is 1. The van der Waals surface area contributed by atoms with Crippen molar-refractivity contribution in [3.8, 4) is 5.75 Å². The van der Waals surface area contributed by atoms with Crippen molar-refractivity contribution < 1.29 is 14.6 Å². The molecule has 1 aromatic rings. The number of likely N-dealkylation sites (tertiary alicyclic amines) is 1. The van der Waals surface area contributed by atoms with Gasteiger partial charge in [0.1, 0.15) is 5.75 Å². The second-order valence-electron chi connectivity index (χ2n) is 5.45. The number of halogens is 1. The number of hydrogen-bond acceptors (Lipinski definition) is 3. The Morgan fingerprint density at radius 3 is 3.05 bits per heavy atom. The second-order valence-corrected chi connectivity index (χ2v) is 5.89. The molecular formula is C16H23ClN2O3. The van der Waals surface area contributed by atoms with E-state index in [1.165, 1.54) is 0 Å². The summed E-state index contributed by atoms with van der Waals surface area (Å²) >= 11 is 6.02. The van der Waals surface area contributed by atoms with E-state index >= 15 is 0 Å². The summed E-state index contributed by atoms with van der Waals surface area (Å²) in [6, 6.07) is 5.45. The lowest BCUT2D eigenvalue weighted by atomic mass is 10.1. The first kappa shape index (κ1) is 16.9. The average molecular weight is 327 g/mol. The Hall–Kier alpha value is -1.46. The molecule has 2 rings (SSSR count). The van der Waals surface area contributed by atoms with Crippen molar-refractivity contribution in [2.24, 2.45) is 5.92 Å². The lowest BCUT2D eigenvalue weighted by molar-refractivity contribution is 0.198. The SMILES string of the molecule is CCOc1ccc(Cl)cc1CCNC(=O)N1CCC(CO)C1. The fraction of sp³-hybridized carbons (Fsp3) is 0.562. The van der Waals surface area contributed by atoms with Crippen LogP contribution >= 0.6 is 11.6 Å². The van der Waals surface area contributed by atoms with E-state index in [0.29, 0.717) is 37.7 Å². The molecule has 1 aliphatic heterocycles. The first-order valence-electron chi connectivity index (χ1n) is 7.69. The van der Waals surface area contributed by atoms with Gasteiger partial charge in [-0.3, -0.25) is 0 Å². The Balaban J connectivity index is 1.83. The Kier molecular flexibility index (Phi) is 6.34. The number of hydrogen-bond donors (Lipinski definition) is 2. The van der Waals surface area contributed by atoms with E-state index in [2.05, 4.69) is 5.32 Å². The summed E-state index contributed by atoms with van der Waals surface area (Å²) in [5.74, 6) is 1.02. The maximum Gasteiger partial charge on any atom is 0.317 e. The van der Waals surface area contributed by atoms with Gasteiger partial charge in [0, 0.05) is 37.2 Å². The number of carbonyl (C=O) groups excluding carboxylic acids is 1. The van der Waals surface area contributed by atoms with E-state index in [1.807, 2.05) is 19.1 Å². The van der Waals surface area contributed by atoms with Crippen LogP contribution in [0.5, 0.6) is 5.75 Å². The van der Waals surface area contributed by atoms with Crippen molar-refractivity contribution in [3.63, 3.8) is 0 Å². The van der Waals surface area contributed by atoms with E-state index in [0.717, 1.165) is 17.7 Å². The van der Waals surface area contributed by atoms with Gasteiger partial charge in [0.05, 0.1) is 6.61 Å². The first-order chi connectivity index (χ1) is 10.6. The third-order valence-corrected chi connectivity index (χ3v) is 4.06. The Bertz CT molecular complexity index is 510. The van der Waals surface area contributed by atoms with Crippen LogP contribution in [0.15, 0.2) is 18.2 Å². The van der Waals surface area contributed by atoms with Gasteiger partial charge in [-0.15, -0.1) is 0 Å². The highest BCUT2D eigenvalue weighted by Gasteiger charge is 2.25. The maximum atomic E-state index is 12.1. The minimum Gasteiger partial charge on any atom is -0.494 e. The van der Waals surface area contributed by atoms with Crippen LogP contribution in [0.1, 0.15) is 18.9 Å². The fourth-order valence-corrected chi connectivity index (χ4v) is 2.82. The summed E-state index contributed by atoms with van der Waals surface area (Å²) < 4.78 is 5.57. The van der Waals surface area contributed by atoms with E-state index in [-0.39, 0.29) is 18.6 Å². The predicted molar refractivity (Wildman–Crippen MR) is 86.5 cm³/mol. The minimum absolute atomic E-state index is 0.0732. The normalized spacial score (nSPS) is 17.6. The molecule has 0 radical (unpaired) electrons. The van der Waals surface area contributed by atoms with Crippen LogP contribution in [0, 0.1) is 5.92 Å². The number of nitrogens with zero attached hydrogens (tertiary/aromatic N) is 1. The van der Waals surface area contributed by atoms with Crippen molar-refractivity contribution in [1.82, 2.24) is 10.2 Å². The summed E-state index contributed by atoms with van der Waals surface area (Å²) in [5.41, 5.74) is 0.990. The van der Waals surface area contributed by atoms with Crippen LogP contribution in [0.25, 0.3) is 0 Å². The van der Waals surface area contributed by atoms with E-state index in [1.54, 1.807) is 11.0 Å². The summed E-state index contributed by atoms with van der Waals surface area (Å²) in [6.07, 6.45) is 1.53. The molecule has 1 aliphatic rings. The molecule has 22 heavy (non-hydrogen) atoms. The second kappa shape index (κ2) is 8.25. The number of ether oxygens (including phenoxy) is 1. The molecule has 1 saturated heterocycles. The van der Waals surface area contributed by atoms with Gasteiger partial charge in [-0.2, -0.15) is 0 Å². The Morgan fingerprint density at radius 2 is 2.36 bits per heavy atom. The molecule has 1 fully saturated rings. The molecular weight excluding hydrogens is 304 g/mol. The number of urea groups is 1. The Labute approximate surface area is 136 Å². The maximum absolute atomic E-state index is 12.1. The van der Waals surface area contributed by atoms with Gasteiger partial charge in [-0.25, -0.2) is 4.79 Å². The van der Waals surface area contributed by atoms with Gasteiger partial charge < -0.3 is 20.1 Å². The van der Waals surface area contributed by atoms with E-state index in [9.17, 15) is 4.79 Å². The molecule has 122 valence electrons. The topological polar surface area (TPSA) is 61.8 Å². The summed E-state index contributed by atoms with van der Waals surface area (Å²) in [7, 11) is 0. The van der Waals surface area contributed by atoms with Crippen LogP contribution in [0.3, 0.4) is 0 Å². The highest BCUT2D eigenvalue weighted by molar-refractivity contribution is 6.30. The van der Waals surface area contributed by atoms with Gasteiger partial charge in [-0.05, 0) is 43.5 Å². The van der Waals surface area contributed by atoms with Crippen molar-refractivity contribution in [1.29, 1.82) is 0 Å². The zero-order valence-corrected chi connectivity index (χ0v) is 13.6. The molecule has 0 saturated carbocycles. The van der Waals surface area contributed by atoms with Gasteiger partial charge in [0.15, 0.2) is 0 Å². The third kappa shape index (κ3) is 4.52. The summed E-state index contributed by atoms with van der Waals surface area (Å²) in [5, 5.41) is 12.7. The van der Waals surface area contributed by atoms with Crippen molar-refractivity contribution in [2.75, 3.05) is 32.8 Å². The standard InChI is InChI=1S/C16H23ClN2O3/c1-2-22-15-4-3-14(17)9-13(15)5-7-18-16(21)19-8-6-12(10-19)11-20/h3-4,9,12,20H,2,5-8,10-11H2,1H3,(H,18,21). The number of aliphatic hydroxyl groups is 1. The highest BCUT2D eigenvalue weighted by Crippen LogP contribution is 2.23. The van der Waals surface area contributed by atoms with E-state index < -0.39 is 0 Å². The summed E-state index contributed by atoms with van der Waals surface area (Å²) in [4.78, 5) is 13.8. The molecule has 1 heterocycles. The predicted octanol–water partition coefficient (Wildman–Crippen LogP) is 2.30. The zero-order valence-electron chi connectivity index (χ0n) is 12.8. The molecule has 6 heteroatoms. The monoisotopic (exact) mass is 326 g/mol. The number of nitrogens with one attached hydrogen (secondary N) is 1. The first-order valence-corrected chi connectivity index (χ1v) is 8.06. The van der Waals surface area contributed by atoms with Crippen molar-refractivity contribution in [2.45, 2.75) is 19.8 Å². The molecule has 2 amide bonds. The minimum atomic E-state index is -0.0732. The van der Waals surface area contributed by atoms with Gasteiger partial charge in [-0.1, -0.05) is 11.6 Å². The van der Waals surface area contributed by atoms with Crippen LogP contribution in [0.4, 0.5) is 4.79 Å². The number of carbonyl (C=O) groups is 1. The van der Waals surface area contributed by atoms with Gasteiger partial charge in [0.25, 0.3) is 0 Å². The van der Waals surface area contributed by atoms with Crippen LogP contribution in [-0.4, -0.2) is 48.9 Å². The molecule has 2 N–H and O–H groups in total. The highest BCUT2D eigenvalue weighted by atomic mass is 35.5. The van der Waals surface area contributed by atoms with Crippen LogP contribution < -0.4 is 10.1 Å². The lowest BCUT2D eigenvalue weighted by Gasteiger charge is -2.17. The zero-order chi connectivity index (χ0) is 15.9. The van der Waals surface area contributed by atoms with Crippen LogP contribution in [0.2, 0.25) is 5.02 Å². The molecule has 1 aromatic carbocycles. The average Bonchev–Trinajstić information content (AvgIpc) is 2.99. The third-order valence-electron chi connectivity index (χ3n) is 3.82. The van der Waals surface area contributed by atoms with Crippen LogP contribution in [-0.2, 0) is 6.42 Å². The fourth-order valence-electron chi connectivity index (χ4n) is 2.62. The number of rotatable bonds is 6. The smallest absolute Gasteiger partial charge is 0.317 e. The molecule has 1 unspecified atom stereocenters. The molecule has 0 aromatic heterocycles. The molecule has 0 aliphatic carbocycles. The summed E-state index contributed by atoms with van der Waals surface area (Å²) in [6.45, 7) is 4.54. The Morgan fingerprint density at radius 1 is 1.55 bits per heavy atom. The quantitative estimate of drug-likeness (QED) is 0.843. The molecule has 5 nitrogen and oxygen atoms in total. The molecule has 0 spiro atoms. The number of aliphatic hydroxyl groups excluding tert-OH is 1. The van der Waals surface area contributed by atoms with E-state index in [4.69, 9.17) is 21.4 Å². The largest absolute Gasteiger partial charge is 0.494 e. The molecule has 1 atom stereocenters. The van der Waals surface area contributed by atoms with Gasteiger partial charge >= 0.3 is 6.03 Å². The van der Waals surface area contributed by atoms with Gasteiger partial charge in [0.2, 0.25) is 0 Å². The van der Waals surface area contributed by atoms with Crippen molar-refractivity contribution in [3.05, 3.63) is 28.8 Å². The molecule has 0 bridgehead atoms.